The van der Waals surface area contributed by atoms with Crippen molar-refractivity contribution in [1.29, 1.82) is 0 Å². The lowest BCUT2D eigenvalue weighted by Crippen LogP contribution is -2.10. The van der Waals surface area contributed by atoms with Crippen molar-refractivity contribution in [3.8, 4) is 22.6 Å². The van der Waals surface area contributed by atoms with E-state index in [1.807, 2.05) is 11.3 Å². The zero-order valence-electron chi connectivity index (χ0n) is 24.2. The van der Waals surface area contributed by atoms with Gasteiger partial charge < -0.3 is 14.6 Å². The lowest BCUT2D eigenvalue weighted by molar-refractivity contribution is 0.263. The SMILES string of the molecule is c1ccc(-c2cc3c(c4c2sc2ccccc24)OC(c2ccc(-n4c5ccccc5c5c6ccccc6ccc54)cc2)N3)cc1. The summed E-state index contributed by atoms with van der Waals surface area (Å²) in [5, 5.41) is 11.3. The monoisotopic (exact) mass is 594 g/mol. The standard InChI is InChI=1S/C41H26N2OS/c1-2-10-25(11-3-1)32-24-33-39(38-31-15-7-9-17-36(31)45-40(32)38)44-41(42-33)27-18-21-28(22-19-27)43-34-16-8-6-14-30(34)37-29-13-5-4-12-26(29)20-23-35(37)43/h1-24,41-42H. The van der Waals surface area contributed by atoms with Gasteiger partial charge in [0.25, 0.3) is 0 Å². The van der Waals surface area contributed by atoms with E-state index in [0.29, 0.717) is 0 Å². The second kappa shape index (κ2) is 9.46. The number of aromatic nitrogens is 1. The van der Waals surface area contributed by atoms with E-state index in [9.17, 15) is 0 Å². The quantitative estimate of drug-likeness (QED) is 0.220. The van der Waals surface area contributed by atoms with Gasteiger partial charge in [-0.1, -0.05) is 109 Å². The number of nitrogens with one attached hydrogen (secondary N) is 1. The first-order valence-corrected chi connectivity index (χ1v) is 16.1. The zero-order valence-corrected chi connectivity index (χ0v) is 25.0. The Bertz CT molecular complexity index is 2600. The van der Waals surface area contributed by atoms with Crippen LogP contribution in [0, 0.1) is 0 Å². The Labute approximate surface area is 263 Å². The highest BCUT2D eigenvalue weighted by Gasteiger charge is 2.29. The number of thiophene rings is 1. The molecule has 0 aliphatic carbocycles. The number of hydrogen-bond acceptors (Lipinski definition) is 3. The molecule has 0 saturated heterocycles. The first kappa shape index (κ1) is 24.8. The maximum Gasteiger partial charge on any atom is 0.196 e. The first-order chi connectivity index (χ1) is 22.3. The van der Waals surface area contributed by atoms with Crippen LogP contribution >= 0.6 is 11.3 Å². The molecule has 0 spiro atoms. The molecule has 45 heavy (non-hydrogen) atoms. The van der Waals surface area contributed by atoms with Crippen LogP contribution in [0.25, 0.3) is 69.6 Å². The molecule has 3 nitrogen and oxygen atoms in total. The number of para-hydroxylation sites is 1. The molecular formula is C41H26N2OS. The third-order valence-corrected chi connectivity index (χ3v) is 10.4. The summed E-state index contributed by atoms with van der Waals surface area (Å²) < 4.78 is 11.7. The summed E-state index contributed by atoms with van der Waals surface area (Å²) in [5.41, 5.74) is 8.13. The van der Waals surface area contributed by atoms with Crippen LogP contribution in [0.3, 0.4) is 0 Å². The molecule has 1 atom stereocenters. The summed E-state index contributed by atoms with van der Waals surface area (Å²) in [6.07, 6.45) is -0.274. The maximum absolute atomic E-state index is 6.77. The van der Waals surface area contributed by atoms with Crippen molar-refractivity contribution < 1.29 is 4.74 Å². The number of hydrogen-bond donors (Lipinski definition) is 1. The van der Waals surface area contributed by atoms with E-state index in [4.69, 9.17) is 4.74 Å². The van der Waals surface area contributed by atoms with Crippen molar-refractivity contribution in [3.05, 3.63) is 151 Å². The van der Waals surface area contributed by atoms with Crippen LogP contribution < -0.4 is 10.1 Å². The zero-order chi connectivity index (χ0) is 29.5. The molecular weight excluding hydrogens is 569 g/mol. The number of anilines is 1. The van der Waals surface area contributed by atoms with Crippen molar-refractivity contribution >= 4 is 69.8 Å². The van der Waals surface area contributed by atoms with Crippen LogP contribution in [0.1, 0.15) is 11.8 Å². The molecule has 0 saturated carbocycles. The van der Waals surface area contributed by atoms with Gasteiger partial charge in [0.2, 0.25) is 0 Å². The van der Waals surface area contributed by atoms with Gasteiger partial charge in [0.15, 0.2) is 12.0 Å². The first-order valence-electron chi connectivity index (χ1n) is 15.3. The Kier molecular flexibility index (Phi) is 5.22. The minimum absolute atomic E-state index is 0.274. The van der Waals surface area contributed by atoms with Crippen molar-refractivity contribution in [2.45, 2.75) is 6.23 Å². The molecule has 1 unspecified atom stereocenters. The van der Waals surface area contributed by atoms with Crippen LogP contribution in [0.5, 0.6) is 5.75 Å². The minimum Gasteiger partial charge on any atom is -0.464 e. The Hall–Kier alpha value is -5.58. The number of rotatable bonds is 3. The summed E-state index contributed by atoms with van der Waals surface area (Å²) >= 11 is 1.84. The highest BCUT2D eigenvalue weighted by atomic mass is 32.1. The molecule has 0 amide bonds. The van der Waals surface area contributed by atoms with Gasteiger partial charge in [0.1, 0.15) is 0 Å². The third kappa shape index (κ3) is 3.63. The average Bonchev–Trinajstić information content (AvgIpc) is 3.80. The van der Waals surface area contributed by atoms with Crippen LogP contribution in [0.15, 0.2) is 146 Å². The summed E-state index contributed by atoms with van der Waals surface area (Å²) in [6, 6.07) is 52.3. The largest absolute Gasteiger partial charge is 0.464 e. The lowest BCUT2D eigenvalue weighted by atomic mass is 10.0. The second-order valence-electron chi connectivity index (χ2n) is 11.7. The molecule has 7 aromatic carbocycles. The van der Waals surface area contributed by atoms with Crippen molar-refractivity contribution in [3.63, 3.8) is 0 Å². The van der Waals surface area contributed by atoms with Crippen molar-refractivity contribution in [1.82, 2.24) is 4.57 Å². The van der Waals surface area contributed by atoms with Gasteiger partial charge in [0, 0.05) is 47.8 Å². The molecule has 0 radical (unpaired) electrons. The van der Waals surface area contributed by atoms with Gasteiger partial charge in [-0.15, -0.1) is 11.3 Å². The van der Waals surface area contributed by atoms with E-state index in [1.165, 1.54) is 63.9 Å². The smallest absolute Gasteiger partial charge is 0.196 e. The van der Waals surface area contributed by atoms with Crippen LogP contribution in [0.4, 0.5) is 5.69 Å². The molecule has 1 N–H and O–H groups in total. The van der Waals surface area contributed by atoms with Gasteiger partial charge in [0.05, 0.1) is 16.7 Å². The number of nitrogens with zero attached hydrogens (tertiary/aromatic N) is 1. The van der Waals surface area contributed by atoms with Crippen molar-refractivity contribution in [2.24, 2.45) is 0 Å². The highest BCUT2D eigenvalue weighted by molar-refractivity contribution is 7.26. The number of benzene rings is 7. The predicted octanol–water partition coefficient (Wildman–Crippen LogP) is 11.5. The Morgan fingerprint density at radius 3 is 2.20 bits per heavy atom. The predicted molar refractivity (Wildman–Crippen MR) is 190 cm³/mol. The van der Waals surface area contributed by atoms with Gasteiger partial charge >= 0.3 is 0 Å². The van der Waals surface area contributed by atoms with E-state index in [1.54, 1.807) is 0 Å². The fourth-order valence-corrected chi connectivity index (χ4v) is 8.43. The highest BCUT2D eigenvalue weighted by Crippen LogP contribution is 2.52. The maximum atomic E-state index is 6.77. The molecule has 9 aromatic rings. The van der Waals surface area contributed by atoms with Crippen LogP contribution in [-0.2, 0) is 0 Å². The Morgan fingerprint density at radius 2 is 1.33 bits per heavy atom. The fraction of sp³-hybridized carbons (Fsp3) is 0.0244. The van der Waals surface area contributed by atoms with Crippen molar-refractivity contribution in [2.75, 3.05) is 5.32 Å². The van der Waals surface area contributed by atoms with Gasteiger partial charge in [-0.3, -0.25) is 0 Å². The third-order valence-electron chi connectivity index (χ3n) is 9.22. The van der Waals surface area contributed by atoms with Crippen LogP contribution in [-0.4, -0.2) is 4.57 Å². The summed E-state index contributed by atoms with van der Waals surface area (Å²) in [7, 11) is 0. The molecule has 3 heterocycles. The minimum atomic E-state index is -0.274. The van der Waals surface area contributed by atoms with E-state index in [0.717, 1.165) is 22.7 Å². The van der Waals surface area contributed by atoms with E-state index >= 15 is 0 Å². The molecule has 10 rings (SSSR count). The van der Waals surface area contributed by atoms with E-state index in [2.05, 4.69) is 155 Å². The second-order valence-corrected chi connectivity index (χ2v) is 12.8. The normalized spacial score (nSPS) is 14.4. The molecule has 4 heteroatoms. The van der Waals surface area contributed by atoms with E-state index < -0.39 is 0 Å². The number of ether oxygens (including phenoxy) is 1. The van der Waals surface area contributed by atoms with Crippen LogP contribution in [0.2, 0.25) is 0 Å². The summed E-state index contributed by atoms with van der Waals surface area (Å²) in [4.78, 5) is 0. The fourth-order valence-electron chi connectivity index (χ4n) is 7.19. The molecule has 0 fully saturated rings. The average molecular weight is 595 g/mol. The molecule has 1 aliphatic heterocycles. The molecule has 0 bridgehead atoms. The molecule has 2 aromatic heterocycles. The summed E-state index contributed by atoms with van der Waals surface area (Å²) in [5.74, 6) is 0.936. The van der Waals surface area contributed by atoms with Gasteiger partial charge in [-0.05, 0) is 52.7 Å². The molecule has 212 valence electrons. The topological polar surface area (TPSA) is 26.2 Å². The Morgan fingerprint density at radius 1 is 0.600 bits per heavy atom. The Balaban J connectivity index is 1.09. The van der Waals surface area contributed by atoms with Gasteiger partial charge in [-0.2, -0.15) is 0 Å². The number of fused-ring (bicyclic) bond motifs is 10. The van der Waals surface area contributed by atoms with E-state index in [-0.39, 0.29) is 6.23 Å². The molecule has 1 aliphatic rings. The summed E-state index contributed by atoms with van der Waals surface area (Å²) in [6.45, 7) is 0. The lowest BCUT2D eigenvalue weighted by Gasteiger charge is -2.14. The van der Waals surface area contributed by atoms with Gasteiger partial charge in [-0.25, -0.2) is 0 Å².